The molecule has 1 heterocycles. The van der Waals surface area contributed by atoms with Crippen LogP contribution in [0.2, 0.25) is 0 Å². The second-order valence-electron chi connectivity index (χ2n) is 6.40. The van der Waals surface area contributed by atoms with Gasteiger partial charge in [0.05, 0.1) is 0 Å². The normalized spacial score (nSPS) is 28.0. The Morgan fingerprint density at radius 1 is 1.37 bits per heavy atom. The maximum Gasteiger partial charge on any atom is 0.323 e. The fourth-order valence-electron chi connectivity index (χ4n) is 3.10. The first-order valence-corrected chi connectivity index (χ1v) is 7.80. The molecule has 2 unspecified atom stereocenters. The molecule has 2 atom stereocenters. The van der Waals surface area contributed by atoms with E-state index in [9.17, 15) is 9.90 Å². The van der Waals surface area contributed by atoms with Crippen molar-refractivity contribution in [3.63, 3.8) is 0 Å². The molecule has 1 saturated heterocycles. The van der Waals surface area contributed by atoms with E-state index >= 15 is 0 Å². The topological polar surface area (TPSA) is 52.6 Å². The minimum Gasteiger partial charge on any atom is -0.480 e. The molecular formula is C15H28N2O2. The van der Waals surface area contributed by atoms with Gasteiger partial charge in [-0.25, -0.2) is 0 Å². The molecule has 0 radical (unpaired) electrons. The predicted octanol–water partition coefficient (Wildman–Crippen LogP) is 2.24. The lowest BCUT2D eigenvalue weighted by molar-refractivity contribution is -0.144. The smallest absolute Gasteiger partial charge is 0.323 e. The van der Waals surface area contributed by atoms with Crippen LogP contribution in [0.4, 0.5) is 0 Å². The molecule has 0 aromatic carbocycles. The molecule has 0 aromatic rings. The molecule has 2 fully saturated rings. The number of hydrogen-bond donors (Lipinski definition) is 2. The lowest BCUT2D eigenvalue weighted by atomic mass is 9.94. The van der Waals surface area contributed by atoms with E-state index in [0.717, 1.165) is 25.9 Å². The molecule has 110 valence electrons. The molecular weight excluding hydrogens is 240 g/mol. The van der Waals surface area contributed by atoms with Gasteiger partial charge in [0.1, 0.15) is 5.54 Å². The Balaban J connectivity index is 1.88. The minimum atomic E-state index is -0.753. The number of piperidine rings is 1. The monoisotopic (exact) mass is 268 g/mol. The van der Waals surface area contributed by atoms with Gasteiger partial charge in [-0.15, -0.1) is 0 Å². The first kappa shape index (κ1) is 14.8. The van der Waals surface area contributed by atoms with Gasteiger partial charge in [0.15, 0.2) is 0 Å². The Hall–Kier alpha value is -0.610. The zero-order chi connectivity index (χ0) is 13.9. The Morgan fingerprint density at radius 2 is 2.11 bits per heavy atom. The Labute approximate surface area is 116 Å². The second-order valence-corrected chi connectivity index (χ2v) is 6.40. The maximum absolute atomic E-state index is 11.5. The number of rotatable bonds is 7. The third-order valence-electron chi connectivity index (χ3n) is 4.69. The van der Waals surface area contributed by atoms with E-state index in [-0.39, 0.29) is 0 Å². The van der Waals surface area contributed by atoms with Gasteiger partial charge in [0, 0.05) is 18.6 Å². The van der Waals surface area contributed by atoms with Crippen LogP contribution in [-0.4, -0.2) is 46.7 Å². The highest BCUT2D eigenvalue weighted by Gasteiger charge is 2.38. The first-order valence-electron chi connectivity index (χ1n) is 7.80. The summed E-state index contributed by atoms with van der Waals surface area (Å²) >= 11 is 0. The molecule has 2 aliphatic rings. The summed E-state index contributed by atoms with van der Waals surface area (Å²) in [6.07, 6.45) is 8.00. The van der Waals surface area contributed by atoms with Crippen LogP contribution in [0.3, 0.4) is 0 Å². The lowest BCUT2D eigenvalue weighted by Crippen LogP contribution is -2.53. The molecule has 4 nitrogen and oxygen atoms in total. The Morgan fingerprint density at radius 3 is 2.68 bits per heavy atom. The number of carbonyl (C=O) groups is 1. The van der Waals surface area contributed by atoms with Crippen LogP contribution in [0.5, 0.6) is 0 Å². The summed E-state index contributed by atoms with van der Waals surface area (Å²) in [5, 5.41) is 12.8. The molecule has 1 aliphatic heterocycles. The molecule has 0 aromatic heterocycles. The van der Waals surface area contributed by atoms with E-state index in [2.05, 4.69) is 17.1 Å². The molecule has 1 aliphatic carbocycles. The average Bonchev–Trinajstić information content (AvgIpc) is 3.20. The van der Waals surface area contributed by atoms with Crippen LogP contribution in [0, 0.1) is 0 Å². The van der Waals surface area contributed by atoms with Crippen molar-refractivity contribution in [3.05, 3.63) is 0 Å². The standard InChI is InChI=1S/C15H28N2O2/c1-3-13-6-4-5-10-17(13)11-9-15(2,14(18)19)16-12-7-8-12/h12-13,16H,3-11H2,1-2H3,(H,18,19). The van der Waals surface area contributed by atoms with Crippen molar-refractivity contribution >= 4 is 5.97 Å². The van der Waals surface area contributed by atoms with Crippen molar-refractivity contribution in [2.45, 2.75) is 76.4 Å². The molecule has 4 heteroatoms. The van der Waals surface area contributed by atoms with Crippen molar-refractivity contribution < 1.29 is 9.90 Å². The minimum absolute atomic E-state index is 0.435. The lowest BCUT2D eigenvalue weighted by Gasteiger charge is -2.37. The van der Waals surface area contributed by atoms with Crippen LogP contribution in [-0.2, 0) is 4.79 Å². The molecule has 2 N–H and O–H groups in total. The number of likely N-dealkylation sites (tertiary alicyclic amines) is 1. The maximum atomic E-state index is 11.5. The van der Waals surface area contributed by atoms with Crippen molar-refractivity contribution in [3.8, 4) is 0 Å². The van der Waals surface area contributed by atoms with Gasteiger partial charge in [-0.3, -0.25) is 10.1 Å². The van der Waals surface area contributed by atoms with E-state index in [4.69, 9.17) is 0 Å². The predicted molar refractivity (Wildman–Crippen MR) is 76.3 cm³/mol. The van der Waals surface area contributed by atoms with Crippen LogP contribution in [0.15, 0.2) is 0 Å². The summed E-state index contributed by atoms with van der Waals surface area (Å²) in [6.45, 7) is 6.12. The summed E-state index contributed by atoms with van der Waals surface area (Å²) in [5.74, 6) is -0.704. The van der Waals surface area contributed by atoms with Gasteiger partial charge in [0.2, 0.25) is 0 Å². The number of aliphatic carboxylic acids is 1. The summed E-state index contributed by atoms with van der Waals surface area (Å²) in [7, 11) is 0. The third-order valence-corrected chi connectivity index (χ3v) is 4.69. The van der Waals surface area contributed by atoms with Crippen LogP contribution < -0.4 is 5.32 Å². The molecule has 0 bridgehead atoms. The number of nitrogens with zero attached hydrogens (tertiary/aromatic N) is 1. The number of carboxylic acids is 1. The Kier molecular flexibility index (Phi) is 4.85. The van der Waals surface area contributed by atoms with Crippen molar-refractivity contribution in [2.75, 3.05) is 13.1 Å². The largest absolute Gasteiger partial charge is 0.480 e. The van der Waals surface area contributed by atoms with Gasteiger partial charge in [-0.05, 0) is 52.0 Å². The summed E-state index contributed by atoms with van der Waals surface area (Å²) in [6, 6.07) is 1.09. The van der Waals surface area contributed by atoms with Crippen LogP contribution >= 0.6 is 0 Å². The number of nitrogens with one attached hydrogen (secondary N) is 1. The van der Waals surface area contributed by atoms with Crippen LogP contribution in [0.25, 0.3) is 0 Å². The average molecular weight is 268 g/mol. The first-order chi connectivity index (χ1) is 9.05. The fourth-order valence-corrected chi connectivity index (χ4v) is 3.10. The summed E-state index contributed by atoms with van der Waals surface area (Å²) in [4.78, 5) is 14.0. The van der Waals surface area contributed by atoms with Gasteiger partial charge in [-0.2, -0.15) is 0 Å². The Bertz CT molecular complexity index is 317. The number of hydrogen-bond acceptors (Lipinski definition) is 3. The third kappa shape index (κ3) is 3.93. The SMILES string of the molecule is CCC1CCCCN1CCC(C)(NC1CC1)C(=O)O. The second kappa shape index (κ2) is 6.23. The fraction of sp³-hybridized carbons (Fsp3) is 0.933. The van der Waals surface area contributed by atoms with E-state index in [1.165, 1.54) is 25.7 Å². The van der Waals surface area contributed by atoms with Gasteiger partial charge in [-0.1, -0.05) is 13.3 Å². The number of carboxylic acid groups (broad SMARTS) is 1. The summed E-state index contributed by atoms with van der Waals surface area (Å²) in [5.41, 5.74) is -0.753. The molecule has 1 saturated carbocycles. The van der Waals surface area contributed by atoms with E-state index in [0.29, 0.717) is 18.5 Å². The molecule has 2 rings (SSSR count). The highest BCUT2D eigenvalue weighted by atomic mass is 16.4. The molecule has 19 heavy (non-hydrogen) atoms. The van der Waals surface area contributed by atoms with Gasteiger partial charge in [0.25, 0.3) is 0 Å². The highest BCUT2D eigenvalue weighted by molar-refractivity contribution is 5.78. The zero-order valence-corrected chi connectivity index (χ0v) is 12.3. The van der Waals surface area contributed by atoms with Crippen molar-refractivity contribution in [2.24, 2.45) is 0 Å². The highest BCUT2D eigenvalue weighted by Crippen LogP contribution is 2.26. The van der Waals surface area contributed by atoms with Crippen molar-refractivity contribution in [1.29, 1.82) is 0 Å². The van der Waals surface area contributed by atoms with E-state index in [1.807, 2.05) is 6.92 Å². The zero-order valence-electron chi connectivity index (χ0n) is 12.3. The van der Waals surface area contributed by atoms with E-state index < -0.39 is 11.5 Å². The summed E-state index contributed by atoms with van der Waals surface area (Å²) < 4.78 is 0. The van der Waals surface area contributed by atoms with Crippen molar-refractivity contribution in [1.82, 2.24) is 10.2 Å². The quantitative estimate of drug-likeness (QED) is 0.743. The van der Waals surface area contributed by atoms with Gasteiger partial charge >= 0.3 is 5.97 Å². The molecule has 0 amide bonds. The van der Waals surface area contributed by atoms with E-state index in [1.54, 1.807) is 0 Å². The van der Waals surface area contributed by atoms with Gasteiger partial charge < -0.3 is 10.0 Å². The molecule has 0 spiro atoms. The van der Waals surface area contributed by atoms with Crippen LogP contribution in [0.1, 0.15) is 58.8 Å².